The fraction of sp³-hybridized carbons (Fsp3) is 0.333. The van der Waals surface area contributed by atoms with Crippen LogP contribution >= 0.6 is 15.9 Å². The summed E-state index contributed by atoms with van der Waals surface area (Å²) >= 11 is 2.91. The summed E-state index contributed by atoms with van der Waals surface area (Å²) in [6, 6.07) is 2.62. The minimum absolute atomic E-state index is 0.0780. The van der Waals surface area contributed by atoms with Gasteiger partial charge in [0.05, 0.1) is 18.8 Å². The number of alkyl halides is 3. The van der Waals surface area contributed by atoms with Gasteiger partial charge in [0.15, 0.2) is 0 Å². The summed E-state index contributed by atoms with van der Waals surface area (Å²) in [5, 5.41) is 0. The van der Waals surface area contributed by atoms with Gasteiger partial charge in [-0.05, 0) is 23.3 Å². The maximum absolute atomic E-state index is 12.4. The van der Waals surface area contributed by atoms with Crippen molar-refractivity contribution in [2.24, 2.45) is 0 Å². The van der Waals surface area contributed by atoms with Gasteiger partial charge in [-0.25, -0.2) is 0 Å². The number of rotatable bonds is 0. The van der Waals surface area contributed by atoms with Crippen LogP contribution in [0.3, 0.4) is 0 Å². The van der Waals surface area contributed by atoms with Gasteiger partial charge >= 0.3 is 6.18 Å². The molecule has 0 radical (unpaired) electrons. The predicted molar refractivity (Wildman–Crippen MR) is 47.6 cm³/mol. The highest BCUT2D eigenvalue weighted by Crippen LogP contribution is 2.37. The Morgan fingerprint density at radius 2 is 1.71 bits per heavy atom. The Hall–Kier alpha value is -0.550. The third kappa shape index (κ3) is 1.66. The summed E-state index contributed by atoms with van der Waals surface area (Å²) in [6.45, 7) is 0.664. The first-order valence-electron chi connectivity index (χ1n) is 3.95. The molecule has 0 saturated heterocycles. The SMILES string of the molecule is FC(F)(F)c1cc2c(cc1Br)COC2. The van der Waals surface area contributed by atoms with E-state index in [1.807, 2.05) is 0 Å². The van der Waals surface area contributed by atoms with E-state index < -0.39 is 11.7 Å². The van der Waals surface area contributed by atoms with Gasteiger partial charge in [0.1, 0.15) is 0 Å². The quantitative estimate of drug-likeness (QED) is 0.699. The molecule has 0 saturated carbocycles. The molecular formula is C9H6BrF3O. The highest BCUT2D eigenvalue weighted by molar-refractivity contribution is 9.10. The summed E-state index contributed by atoms with van der Waals surface area (Å²) in [4.78, 5) is 0. The lowest BCUT2D eigenvalue weighted by molar-refractivity contribution is -0.138. The number of halogens is 4. The molecule has 0 spiro atoms. The Bertz CT molecular complexity index is 373. The van der Waals surface area contributed by atoms with Gasteiger partial charge in [0.2, 0.25) is 0 Å². The molecule has 2 rings (SSSR count). The van der Waals surface area contributed by atoms with E-state index >= 15 is 0 Å². The van der Waals surface area contributed by atoms with E-state index in [4.69, 9.17) is 4.74 Å². The van der Waals surface area contributed by atoms with E-state index in [0.29, 0.717) is 12.2 Å². The Labute approximate surface area is 87.0 Å². The van der Waals surface area contributed by atoms with Crippen LogP contribution in [0.1, 0.15) is 16.7 Å². The van der Waals surface area contributed by atoms with E-state index in [-0.39, 0.29) is 11.1 Å². The summed E-state index contributed by atoms with van der Waals surface area (Å²) in [6.07, 6.45) is -4.31. The topological polar surface area (TPSA) is 9.23 Å². The monoisotopic (exact) mass is 266 g/mol. The van der Waals surface area contributed by atoms with Crippen molar-refractivity contribution < 1.29 is 17.9 Å². The second-order valence-corrected chi connectivity index (χ2v) is 3.95. The summed E-state index contributed by atoms with van der Waals surface area (Å²) in [5.41, 5.74) is 0.812. The van der Waals surface area contributed by atoms with Crippen LogP contribution in [-0.4, -0.2) is 0 Å². The summed E-state index contributed by atoms with van der Waals surface area (Å²) in [5.74, 6) is 0. The molecule has 76 valence electrons. The van der Waals surface area contributed by atoms with E-state index in [1.165, 1.54) is 6.07 Å². The first-order chi connectivity index (χ1) is 6.48. The first-order valence-corrected chi connectivity index (χ1v) is 4.74. The van der Waals surface area contributed by atoms with Crippen LogP contribution in [0.5, 0.6) is 0 Å². The molecule has 1 aromatic rings. The molecule has 5 heteroatoms. The number of hydrogen-bond donors (Lipinski definition) is 0. The molecular weight excluding hydrogens is 261 g/mol. The first kappa shape index (κ1) is 9.98. The molecule has 1 aliphatic heterocycles. The minimum Gasteiger partial charge on any atom is -0.372 e. The van der Waals surface area contributed by atoms with Crippen LogP contribution in [0.15, 0.2) is 16.6 Å². The zero-order valence-electron chi connectivity index (χ0n) is 6.99. The molecule has 0 amide bonds. The van der Waals surface area contributed by atoms with Crippen molar-refractivity contribution in [1.82, 2.24) is 0 Å². The van der Waals surface area contributed by atoms with E-state index in [1.54, 1.807) is 0 Å². The van der Waals surface area contributed by atoms with Crippen LogP contribution in [0.2, 0.25) is 0 Å². The maximum atomic E-state index is 12.4. The van der Waals surface area contributed by atoms with Crippen LogP contribution < -0.4 is 0 Å². The van der Waals surface area contributed by atoms with Crippen molar-refractivity contribution in [3.63, 3.8) is 0 Å². The van der Waals surface area contributed by atoms with Crippen LogP contribution in [0.4, 0.5) is 13.2 Å². The lowest BCUT2D eigenvalue weighted by Crippen LogP contribution is -2.07. The van der Waals surface area contributed by atoms with Gasteiger partial charge in [-0.2, -0.15) is 13.2 Å². The van der Waals surface area contributed by atoms with Crippen molar-refractivity contribution >= 4 is 15.9 Å². The standard InChI is InChI=1S/C9H6BrF3O/c10-8-2-6-4-14-3-5(6)1-7(8)9(11,12)13/h1-2H,3-4H2. The molecule has 1 nitrogen and oxygen atoms in total. The average molecular weight is 267 g/mol. The number of benzene rings is 1. The summed E-state index contributed by atoms with van der Waals surface area (Å²) < 4.78 is 42.5. The Kier molecular flexibility index (Phi) is 2.31. The van der Waals surface area contributed by atoms with Crippen molar-refractivity contribution in [2.45, 2.75) is 19.4 Å². The van der Waals surface area contributed by atoms with Crippen LogP contribution in [0, 0.1) is 0 Å². The molecule has 0 aliphatic carbocycles. The minimum atomic E-state index is -4.31. The molecule has 1 heterocycles. The van der Waals surface area contributed by atoms with Crippen molar-refractivity contribution in [3.05, 3.63) is 33.3 Å². The van der Waals surface area contributed by atoms with Gasteiger partial charge in [-0.1, -0.05) is 15.9 Å². The smallest absolute Gasteiger partial charge is 0.372 e. The molecule has 0 unspecified atom stereocenters. The second-order valence-electron chi connectivity index (χ2n) is 3.09. The lowest BCUT2D eigenvalue weighted by atomic mass is 10.1. The number of fused-ring (bicyclic) bond motifs is 1. The van der Waals surface area contributed by atoms with Gasteiger partial charge in [0, 0.05) is 4.47 Å². The second kappa shape index (κ2) is 3.24. The third-order valence-electron chi connectivity index (χ3n) is 2.11. The van der Waals surface area contributed by atoms with Gasteiger partial charge in [-0.3, -0.25) is 0 Å². The van der Waals surface area contributed by atoms with E-state index in [2.05, 4.69) is 15.9 Å². The largest absolute Gasteiger partial charge is 0.417 e. The Balaban J connectivity index is 2.53. The van der Waals surface area contributed by atoms with Gasteiger partial charge in [0.25, 0.3) is 0 Å². The maximum Gasteiger partial charge on any atom is 0.417 e. The molecule has 0 fully saturated rings. The fourth-order valence-corrected chi connectivity index (χ4v) is 2.03. The lowest BCUT2D eigenvalue weighted by Gasteiger charge is -2.10. The molecule has 0 atom stereocenters. The van der Waals surface area contributed by atoms with Crippen molar-refractivity contribution in [2.75, 3.05) is 0 Å². The van der Waals surface area contributed by atoms with Crippen molar-refractivity contribution in [1.29, 1.82) is 0 Å². The fourth-order valence-electron chi connectivity index (χ4n) is 1.42. The zero-order valence-corrected chi connectivity index (χ0v) is 8.58. The van der Waals surface area contributed by atoms with E-state index in [0.717, 1.165) is 11.6 Å². The van der Waals surface area contributed by atoms with Crippen LogP contribution in [-0.2, 0) is 24.1 Å². The Morgan fingerprint density at radius 1 is 1.14 bits per heavy atom. The number of ether oxygens (including phenoxy) is 1. The molecule has 0 aromatic heterocycles. The molecule has 0 N–H and O–H groups in total. The van der Waals surface area contributed by atoms with Gasteiger partial charge < -0.3 is 4.74 Å². The zero-order chi connectivity index (χ0) is 10.3. The summed E-state index contributed by atoms with van der Waals surface area (Å²) in [7, 11) is 0. The van der Waals surface area contributed by atoms with E-state index in [9.17, 15) is 13.2 Å². The molecule has 1 aromatic carbocycles. The Morgan fingerprint density at radius 3 is 2.29 bits per heavy atom. The average Bonchev–Trinajstić information content (AvgIpc) is 2.47. The highest BCUT2D eigenvalue weighted by Gasteiger charge is 2.34. The number of hydrogen-bond acceptors (Lipinski definition) is 1. The molecule has 14 heavy (non-hydrogen) atoms. The molecule has 0 bridgehead atoms. The molecule has 1 aliphatic rings. The van der Waals surface area contributed by atoms with Crippen LogP contribution in [0.25, 0.3) is 0 Å². The third-order valence-corrected chi connectivity index (χ3v) is 2.77. The predicted octanol–water partition coefficient (Wildman–Crippen LogP) is 3.50. The normalized spacial score (nSPS) is 15.7. The highest BCUT2D eigenvalue weighted by atomic mass is 79.9. The van der Waals surface area contributed by atoms with Crippen molar-refractivity contribution in [3.8, 4) is 0 Å². The van der Waals surface area contributed by atoms with Gasteiger partial charge in [-0.15, -0.1) is 0 Å².